The monoisotopic (exact) mass is 327 g/mol. The smallest absolute Gasteiger partial charge is 0.335 e. The standard InChI is InChI=1S/C18H21N3O3/c1-20-10-16-17(19-20)14-9-11(18(22)23)3-8-15(14)21(16)12-4-6-13(24-2)7-5-12/h3,8-10,12-13H,4-7H2,1-2H3,(H,22,23). The number of ether oxygens (including phenoxy) is 1. The third-order valence-corrected chi connectivity index (χ3v) is 5.17. The molecule has 6 nitrogen and oxygen atoms in total. The number of hydrogen-bond acceptors (Lipinski definition) is 3. The van der Waals surface area contributed by atoms with E-state index in [0.29, 0.717) is 17.7 Å². The molecule has 126 valence electrons. The molecule has 2 heterocycles. The number of hydrogen-bond donors (Lipinski definition) is 1. The predicted octanol–water partition coefficient (Wildman–Crippen LogP) is 3.36. The number of benzene rings is 1. The lowest BCUT2D eigenvalue weighted by Gasteiger charge is -2.29. The summed E-state index contributed by atoms with van der Waals surface area (Å²) in [5, 5.41) is 14.8. The van der Waals surface area contributed by atoms with Crippen LogP contribution < -0.4 is 0 Å². The molecule has 1 aromatic carbocycles. The average Bonchev–Trinajstić information content (AvgIpc) is 3.09. The fraction of sp³-hybridized carbons (Fsp3) is 0.444. The Hall–Kier alpha value is -2.34. The third-order valence-electron chi connectivity index (χ3n) is 5.17. The highest BCUT2D eigenvalue weighted by atomic mass is 16.5. The van der Waals surface area contributed by atoms with Gasteiger partial charge in [0.1, 0.15) is 5.52 Å². The molecule has 0 amide bonds. The lowest BCUT2D eigenvalue weighted by molar-refractivity contribution is 0.0594. The first kappa shape index (κ1) is 15.2. The van der Waals surface area contributed by atoms with Gasteiger partial charge in [-0.05, 0) is 43.9 Å². The van der Waals surface area contributed by atoms with E-state index in [0.717, 1.165) is 47.6 Å². The fourth-order valence-corrected chi connectivity index (χ4v) is 3.98. The Morgan fingerprint density at radius 2 is 2.00 bits per heavy atom. The highest BCUT2D eigenvalue weighted by Crippen LogP contribution is 2.37. The normalized spacial score (nSPS) is 21.6. The van der Waals surface area contributed by atoms with E-state index in [1.807, 2.05) is 19.3 Å². The van der Waals surface area contributed by atoms with Gasteiger partial charge in [0.15, 0.2) is 0 Å². The minimum atomic E-state index is -0.908. The molecule has 1 fully saturated rings. The number of methoxy groups -OCH3 is 1. The summed E-state index contributed by atoms with van der Waals surface area (Å²) >= 11 is 0. The Bertz CT molecular complexity index is 917. The van der Waals surface area contributed by atoms with E-state index in [4.69, 9.17) is 4.74 Å². The number of carbonyl (C=O) groups is 1. The molecule has 1 N–H and O–H groups in total. The van der Waals surface area contributed by atoms with E-state index in [1.54, 1.807) is 23.9 Å². The van der Waals surface area contributed by atoms with Gasteiger partial charge in [-0.15, -0.1) is 0 Å². The van der Waals surface area contributed by atoms with Crippen molar-refractivity contribution in [2.75, 3.05) is 7.11 Å². The van der Waals surface area contributed by atoms with Crippen molar-refractivity contribution in [1.29, 1.82) is 0 Å². The molecule has 6 heteroatoms. The summed E-state index contributed by atoms with van der Waals surface area (Å²) in [6.07, 6.45) is 6.61. The Kier molecular flexibility index (Phi) is 3.57. The van der Waals surface area contributed by atoms with Crippen LogP contribution in [-0.4, -0.2) is 38.6 Å². The minimum absolute atomic E-state index is 0.301. The van der Waals surface area contributed by atoms with Crippen molar-refractivity contribution in [1.82, 2.24) is 14.3 Å². The van der Waals surface area contributed by atoms with Crippen molar-refractivity contribution in [2.45, 2.75) is 37.8 Å². The first-order chi connectivity index (χ1) is 11.6. The van der Waals surface area contributed by atoms with Crippen molar-refractivity contribution < 1.29 is 14.6 Å². The SMILES string of the molecule is COC1CCC(n2c3ccc(C(=O)O)cc3c3nn(C)cc32)CC1. The maximum Gasteiger partial charge on any atom is 0.335 e. The Balaban J connectivity index is 1.88. The molecule has 1 saturated carbocycles. The molecule has 0 bridgehead atoms. The van der Waals surface area contributed by atoms with E-state index in [2.05, 4.69) is 9.67 Å². The van der Waals surface area contributed by atoms with Gasteiger partial charge in [0.25, 0.3) is 0 Å². The van der Waals surface area contributed by atoms with Gasteiger partial charge in [0, 0.05) is 31.8 Å². The predicted molar refractivity (Wildman–Crippen MR) is 91.5 cm³/mol. The van der Waals surface area contributed by atoms with Crippen LogP contribution in [0.4, 0.5) is 0 Å². The summed E-state index contributed by atoms with van der Waals surface area (Å²) in [5.41, 5.74) is 3.33. The van der Waals surface area contributed by atoms with Crippen LogP contribution in [0.3, 0.4) is 0 Å². The molecule has 0 saturated heterocycles. The van der Waals surface area contributed by atoms with Crippen LogP contribution >= 0.6 is 0 Å². The second-order valence-corrected chi connectivity index (χ2v) is 6.61. The van der Waals surface area contributed by atoms with Crippen molar-refractivity contribution in [3.05, 3.63) is 30.0 Å². The molecule has 1 aliphatic carbocycles. The van der Waals surface area contributed by atoms with Crippen LogP contribution in [-0.2, 0) is 11.8 Å². The highest BCUT2D eigenvalue weighted by molar-refractivity contribution is 6.08. The summed E-state index contributed by atoms with van der Waals surface area (Å²) in [6.45, 7) is 0. The van der Waals surface area contributed by atoms with Crippen LogP contribution in [0.2, 0.25) is 0 Å². The maximum absolute atomic E-state index is 11.3. The second-order valence-electron chi connectivity index (χ2n) is 6.61. The topological polar surface area (TPSA) is 69.3 Å². The molecular formula is C18H21N3O3. The molecule has 0 spiro atoms. The maximum atomic E-state index is 11.3. The van der Waals surface area contributed by atoms with Gasteiger partial charge in [0.05, 0.1) is 22.7 Å². The van der Waals surface area contributed by atoms with Gasteiger partial charge in [-0.3, -0.25) is 4.68 Å². The third kappa shape index (κ3) is 2.29. The Labute approximate surface area is 139 Å². The molecule has 2 aromatic heterocycles. The number of fused-ring (bicyclic) bond motifs is 3. The molecule has 0 unspecified atom stereocenters. The lowest BCUT2D eigenvalue weighted by Crippen LogP contribution is -2.22. The molecule has 0 aliphatic heterocycles. The number of aromatic carboxylic acids is 1. The van der Waals surface area contributed by atoms with E-state index >= 15 is 0 Å². The van der Waals surface area contributed by atoms with E-state index in [9.17, 15) is 9.90 Å². The number of rotatable bonds is 3. The summed E-state index contributed by atoms with van der Waals surface area (Å²) in [7, 11) is 3.68. The number of aryl methyl sites for hydroxylation is 1. The van der Waals surface area contributed by atoms with Crippen LogP contribution in [0.5, 0.6) is 0 Å². The summed E-state index contributed by atoms with van der Waals surface area (Å²) < 4.78 is 9.63. The zero-order chi connectivity index (χ0) is 16.8. The van der Waals surface area contributed by atoms with Crippen molar-refractivity contribution >= 4 is 27.9 Å². The van der Waals surface area contributed by atoms with Crippen LogP contribution in [0.1, 0.15) is 42.1 Å². The second kappa shape index (κ2) is 5.63. The van der Waals surface area contributed by atoms with Crippen LogP contribution in [0.25, 0.3) is 21.9 Å². The quantitative estimate of drug-likeness (QED) is 0.801. The largest absolute Gasteiger partial charge is 0.478 e. The summed E-state index contributed by atoms with van der Waals surface area (Å²) in [4.78, 5) is 11.3. The number of carboxylic acids is 1. The number of aromatic nitrogens is 3. The van der Waals surface area contributed by atoms with Gasteiger partial charge >= 0.3 is 5.97 Å². The summed E-state index contributed by atoms with van der Waals surface area (Å²) in [6, 6.07) is 5.74. The molecule has 0 radical (unpaired) electrons. The van der Waals surface area contributed by atoms with Crippen molar-refractivity contribution in [3.63, 3.8) is 0 Å². The molecule has 0 atom stereocenters. The van der Waals surface area contributed by atoms with E-state index in [1.165, 1.54) is 0 Å². The Morgan fingerprint density at radius 3 is 2.67 bits per heavy atom. The van der Waals surface area contributed by atoms with Gasteiger partial charge in [-0.2, -0.15) is 5.10 Å². The van der Waals surface area contributed by atoms with Gasteiger partial charge in [-0.25, -0.2) is 4.79 Å². The van der Waals surface area contributed by atoms with Crippen molar-refractivity contribution in [3.8, 4) is 0 Å². The lowest BCUT2D eigenvalue weighted by atomic mass is 9.92. The molecule has 4 rings (SSSR count). The zero-order valence-electron chi connectivity index (χ0n) is 13.9. The molecular weight excluding hydrogens is 306 g/mol. The summed E-state index contributed by atoms with van der Waals surface area (Å²) in [5.74, 6) is -0.908. The van der Waals surface area contributed by atoms with Gasteiger partial charge in [-0.1, -0.05) is 0 Å². The molecule has 3 aromatic rings. The zero-order valence-corrected chi connectivity index (χ0v) is 13.9. The van der Waals surface area contributed by atoms with E-state index < -0.39 is 5.97 Å². The number of carboxylic acid groups (broad SMARTS) is 1. The van der Waals surface area contributed by atoms with Gasteiger partial charge in [0.2, 0.25) is 0 Å². The minimum Gasteiger partial charge on any atom is -0.478 e. The average molecular weight is 327 g/mol. The van der Waals surface area contributed by atoms with Crippen LogP contribution in [0.15, 0.2) is 24.4 Å². The molecule has 1 aliphatic rings. The Morgan fingerprint density at radius 1 is 1.25 bits per heavy atom. The first-order valence-corrected chi connectivity index (χ1v) is 8.32. The first-order valence-electron chi connectivity index (χ1n) is 8.32. The number of nitrogens with zero attached hydrogens (tertiary/aromatic N) is 3. The molecule has 24 heavy (non-hydrogen) atoms. The van der Waals surface area contributed by atoms with Crippen molar-refractivity contribution in [2.24, 2.45) is 7.05 Å². The van der Waals surface area contributed by atoms with Crippen LogP contribution in [0, 0.1) is 0 Å². The highest BCUT2D eigenvalue weighted by Gasteiger charge is 2.26. The van der Waals surface area contributed by atoms with Gasteiger partial charge < -0.3 is 14.4 Å². The van der Waals surface area contributed by atoms with E-state index in [-0.39, 0.29) is 0 Å². The fourth-order valence-electron chi connectivity index (χ4n) is 3.98.